The van der Waals surface area contributed by atoms with Crippen LogP contribution in [0.3, 0.4) is 0 Å². The van der Waals surface area contributed by atoms with Gasteiger partial charge in [0, 0.05) is 30.7 Å². The Labute approximate surface area is 112 Å². The lowest BCUT2D eigenvalue weighted by molar-refractivity contribution is -0.0364. The van der Waals surface area contributed by atoms with Crippen molar-refractivity contribution in [3.8, 4) is 0 Å². The van der Waals surface area contributed by atoms with Crippen LogP contribution in [-0.2, 0) is 4.74 Å². The fraction of sp³-hybridized carbons (Fsp3) is 0.538. The van der Waals surface area contributed by atoms with Crippen LogP contribution in [0.1, 0.15) is 18.5 Å². The first-order valence-electron chi connectivity index (χ1n) is 6.12. The highest BCUT2D eigenvalue weighted by Crippen LogP contribution is 2.29. The first-order valence-corrected chi connectivity index (χ1v) is 6.50. The van der Waals surface area contributed by atoms with Crippen molar-refractivity contribution in [3.63, 3.8) is 0 Å². The number of hydrogen-bond acceptors (Lipinski definition) is 3. The number of rotatable bonds is 3. The van der Waals surface area contributed by atoms with E-state index in [1.807, 2.05) is 0 Å². The maximum atomic E-state index is 13.0. The zero-order valence-electron chi connectivity index (χ0n) is 10.4. The summed E-state index contributed by atoms with van der Waals surface area (Å²) >= 11 is 6.09. The minimum absolute atomic E-state index is 0.0698. The van der Waals surface area contributed by atoms with E-state index in [-0.39, 0.29) is 18.0 Å². The molecule has 3 nitrogen and oxygen atoms in total. The number of benzene rings is 1. The van der Waals surface area contributed by atoms with Gasteiger partial charge >= 0.3 is 0 Å². The molecule has 1 saturated heterocycles. The third-order valence-corrected chi connectivity index (χ3v) is 3.72. The van der Waals surface area contributed by atoms with Gasteiger partial charge in [0.2, 0.25) is 0 Å². The fourth-order valence-corrected chi connectivity index (χ4v) is 2.60. The third kappa shape index (κ3) is 3.01. The average Bonchev–Trinajstić information content (AvgIpc) is 2.38. The molecule has 1 aliphatic rings. The van der Waals surface area contributed by atoms with Gasteiger partial charge in [-0.05, 0) is 24.6 Å². The highest BCUT2D eigenvalue weighted by atomic mass is 35.5. The molecular formula is C13H18ClFN2O. The SMILES string of the molecule is CC(c1ccc(F)cc1Cl)N1CCOC(CN)C1. The molecule has 2 rings (SSSR count). The Bertz CT molecular complexity index is 416. The molecule has 1 heterocycles. The number of hydrogen-bond donors (Lipinski definition) is 1. The average molecular weight is 273 g/mol. The smallest absolute Gasteiger partial charge is 0.124 e. The first kappa shape index (κ1) is 13.7. The van der Waals surface area contributed by atoms with Crippen molar-refractivity contribution in [1.29, 1.82) is 0 Å². The number of nitrogens with two attached hydrogens (primary N) is 1. The van der Waals surface area contributed by atoms with Crippen LogP contribution in [0.5, 0.6) is 0 Å². The van der Waals surface area contributed by atoms with Crippen LogP contribution >= 0.6 is 11.6 Å². The van der Waals surface area contributed by atoms with Gasteiger partial charge in [-0.15, -0.1) is 0 Å². The van der Waals surface area contributed by atoms with E-state index in [2.05, 4.69) is 11.8 Å². The van der Waals surface area contributed by atoms with Crippen molar-refractivity contribution in [1.82, 2.24) is 4.90 Å². The van der Waals surface area contributed by atoms with E-state index in [4.69, 9.17) is 22.1 Å². The van der Waals surface area contributed by atoms with E-state index in [1.165, 1.54) is 12.1 Å². The van der Waals surface area contributed by atoms with Gasteiger partial charge in [0.25, 0.3) is 0 Å². The molecule has 1 aromatic carbocycles. The van der Waals surface area contributed by atoms with Gasteiger partial charge in [-0.25, -0.2) is 4.39 Å². The summed E-state index contributed by atoms with van der Waals surface area (Å²) in [5, 5.41) is 0.471. The molecule has 0 amide bonds. The highest BCUT2D eigenvalue weighted by Gasteiger charge is 2.25. The van der Waals surface area contributed by atoms with Gasteiger partial charge < -0.3 is 10.5 Å². The molecule has 0 spiro atoms. The van der Waals surface area contributed by atoms with Gasteiger partial charge in [-0.2, -0.15) is 0 Å². The number of nitrogens with zero attached hydrogens (tertiary/aromatic N) is 1. The summed E-state index contributed by atoms with van der Waals surface area (Å²) in [5.74, 6) is -0.308. The molecular weight excluding hydrogens is 255 g/mol. The first-order chi connectivity index (χ1) is 8.61. The van der Waals surface area contributed by atoms with Crippen molar-refractivity contribution >= 4 is 11.6 Å². The van der Waals surface area contributed by atoms with E-state index in [0.717, 1.165) is 18.7 Å². The molecule has 100 valence electrons. The molecule has 0 saturated carbocycles. The predicted octanol–water partition coefficient (Wildman–Crippen LogP) is 2.20. The Balaban J connectivity index is 2.12. The molecule has 0 bridgehead atoms. The van der Waals surface area contributed by atoms with Crippen LogP contribution in [-0.4, -0.2) is 37.2 Å². The third-order valence-electron chi connectivity index (χ3n) is 3.39. The van der Waals surface area contributed by atoms with Gasteiger partial charge in [-0.3, -0.25) is 4.90 Å². The lowest BCUT2D eigenvalue weighted by Crippen LogP contribution is -2.46. The fourth-order valence-electron chi connectivity index (χ4n) is 2.27. The van der Waals surface area contributed by atoms with Crippen molar-refractivity contribution in [2.75, 3.05) is 26.2 Å². The number of halogens is 2. The molecule has 0 radical (unpaired) electrons. The lowest BCUT2D eigenvalue weighted by atomic mass is 10.1. The van der Waals surface area contributed by atoms with Crippen LogP contribution in [0.2, 0.25) is 5.02 Å². The van der Waals surface area contributed by atoms with E-state index < -0.39 is 0 Å². The second-order valence-corrected chi connectivity index (χ2v) is 4.97. The Kier molecular flexibility index (Phi) is 4.56. The van der Waals surface area contributed by atoms with Crippen LogP contribution in [0, 0.1) is 5.82 Å². The summed E-state index contributed by atoms with van der Waals surface area (Å²) in [6, 6.07) is 4.68. The van der Waals surface area contributed by atoms with Gasteiger partial charge in [-0.1, -0.05) is 17.7 Å². The summed E-state index contributed by atoms with van der Waals surface area (Å²) in [7, 11) is 0. The molecule has 1 fully saturated rings. The van der Waals surface area contributed by atoms with Crippen molar-refractivity contribution in [2.45, 2.75) is 19.1 Å². The van der Waals surface area contributed by atoms with Crippen molar-refractivity contribution in [3.05, 3.63) is 34.6 Å². The largest absolute Gasteiger partial charge is 0.374 e. The van der Waals surface area contributed by atoms with Crippen molar-refractivity contribution < 1.29 is 9.13 Å². The van der Waals surface area contributed by atoms with E-state index in [0.29, 0.717) is 18.2 Å². The van der Waals surface area contributed by atoms with Crippen LogP contribution in [0.25, 0.3) is 0 Å². The van der Waals surface area contributed by atoms with E-state index in [9.17, 15) is 4.39 Å². The lowest BCUT2D eigenvalue weighted by Gasteiger charge is -2.36. The summed E-state index contributed by atoms with van der Waals surface area (Å²) in [6.07, 6.45) is 0.0698. The maximum Gasteiger partial charge on any atom is 0.124 e. The summed E-state index contributed by atoms with van der Waals surface area (Å²) < 4.78 is 18.6. The van der Waals surface area contributed by atoms with Crippen LogP contribution in [0.4, 0.5) is 4.39 Å². The Morgan fingerprint density at radius 2 is 2.39 bits per heavy atom. The zero-order chi connectivity index (χ0) is 13.1. The number of morpholine rings is 1. The highest BCUT2D eigenvalue weighted by molar-refractivity contribution is 6.31. The molecule has 5 heteroatoms. The second kappa shape index (κ2) is 5.97. The Morgan fingerprint density at radius 3 is 3.06 bits per heavy atom. The predicted molar refractivity (Wildman–Crippen MR) is 70.2 cm³/mol. The van der Waals surface area contributed by atoms with Crippen molar-refractivity contribution in [2.24, 2.45) is 5.73 Å². The molecule has 2 N–H and O–H groups in total. The Morgan fingerprint density at radius 1 is 1.61 bits per heavy atom. The second-order valence-electron chi connectivity index (χ2n) is 4.57. The molecule has 18 heavy (non-hydrogen) atoms. The maximum absolute atomic E-state index is 13.0. The Hall–Kier alpha value is -0.680. The number of ether oxygens (including phenoxy) is 1. The summed E-state index contributed by atoms with van der Waals surface area (Å²) in [5.41, 5.74) is 6.57. The topological polar surface area (TPSA) is 38.5 Å². The molecule has 0 aliphatic carbocycles. The van der Waals surface area contributed by atoms with E-state index in [1.54, 1.807) is 6.07 Å². The molecule has 1 aromatic rings. The molecule has 2 atom stereocenters. The minimum atomic E-state index is -0.308. The summed E-state index contributed by atoms with van der Waals surface area (Å²) in [4.78, 5) is 2.26. The quantitative estimate of drug-likeness (QED) is 0.917. The van der Waals surface area contributed by atoms with Gasteiger partial charge in [0.1, 0.15) is 5.82 Å². The van der Waals surface area contributed by atoms with Crippen LogP contribution < -0.4 is 5.73 Å². The standard InChI is InChI=1S/C13H18ClFN2O/c1-9(12-3-2-10(15)6-13(12)14)17-4-5-18-11(7-16)8-17/h2-3,6,9,11H,4-5,7-8,16H2,1H3. The zero-order valence-corrected chi connectivity index (χ0v) is 11.2. The van der Waals surface area contributed by atoms with Crippen LogP contribution in [0.15, 0.2) is 18.2 Å². The monoisotopic (exact) mass is 272 g/mol. The molecule has 0 aromatic heterocycles. The van der Waals surface area contributed by atoms with E-state index >= 15 is 0 Å². The molecule has 1 aliphatic heterocycles. The summed E-state index contributed by atoms with van der Waals surface area (Å²) in [6.45, 7) is 4.88. The minimum Gasteiger partial charge on any atom is -0.374 e. The normalized spacial score (nSPS) is 23.0. The van der Waals surface area contributed by atoms with Gasteiger partial charge in [0.05, 0.1) is 12.7 Å². The molecule has 2 unspecified atom stereocenters. The van der Waals surface area contributed by atoms with Gasteiger partial charge in [0.15, 0.2) is 0 Å².